The molecule has 0 aromatic rings. The summed E-state index contributed by atoms with van der Waals surface area (Å²) in [6.45, 7) is 11.8. The summed E-state index contributed by atoms with van der Waals surface area (Å²) < 4.78 is 10.2. The summed E-state index contributed by atoms with van der Waals surface area (Å²) in [6, 6.07) is -0.889. The second-order valence-corrected chi connectivity index (χ2v) is 9.12. The molecule has 0 aliphatic carbocycles. The van der Waals surface area contributed by atoms with Crippen LogP contribution in [0.2, 0.25) is 0 Å². The van der Waals surface area contributed by atoms with Crippen LogP contribution in [0.1, 0.15) is 54.9 Å². The first kappa shape index (κ1) is 25.4. The van der Waals surface area contributed by atoms with Crippen molar-refractivity contribution in [1.82, 2.24) is 4.90 Å². The number of carbonyl (C=O) groups is 4. The highest BCUT2D eigenvalue weighted by Crippen LogP contribution is 2.20. The first-order chi connectivity index (χ1) is 12.3. The summed E-state index contributed by atoms with van der Waals surface area (Å²) in [4.78, 5) is 50.1. The molecular formula is C19H33NO6S. The molecule has 0 saturated heterocycles. The van der Waals surface area contributed by atoms with Gasteiger partial charge in [0.1, 0.15) is 18.2 Å². The summed E-state index contributed by atoms with van der Waals surface area (Å²) in [7, 11) is 1.25. The van der Waals surface area contributed by atoms with Crippen LogP contribution in [-0.2, 0) is 28.7 Å². The van der Waals surface area contributed by atoms with Gasteiger partial charge in [0.2, 0.25) is 5.91 Å². The largest absolute Gasteiger partial charge is 0.467 e. The van der Waals surface area contributed by atoms with Gasteiger partial charge in [-0.3, -0.25) is 14.4 Å². The van der Waals surface area contributed by atoms with Crippen molar-refractivity contribution in [2.45, 2.75) is 66.5 Å². The summed E-state index contributed by atoms with van der Waals surface area (Å²) in [5.74, 6) is -1.72. The van der Waals surface area contributed by atoms with E-state index in [2.05, 4.69) is 0 Å². The molecule has 0 heterocycles. The molecule has 0 rings (SSSR count). The lowest BCUT2D eigenvalue weighted by Crippen LogP contribution is -2.51. The number of carbonyl (C=O) groups excluding carboxylic acids is 4. The van der Waals surface area contributed by atoms with E-state index in [4.69, 9.17) is 9.47 Å². The van der Waals surface area contributed by atoms with Crippen LogP contribution in [0.5, 0.6) is 0 Å². The quantitative estimate of drug-likeness (QED) is 0.547. The van der Waals surface area contributed by atoms with E-state index in [1.165, 1.54) is 18.9 Å². The van der Waals surface area contributed by atoms with E-state index in [1.54, 1.807) is 27.7 Å². The fourth-order valence-electron chi connectivity index (χ4n) is 2.38. The van der Waals surface area contributed by atoms with Crippen molar-refractivity contribution in [2.24, 2.45) is 11.8 Å². The van der Waals surface area contributed by atoms with Crippen LogP contribution < -0.4 is 0 Å². The Morgan fingerprint density at radius 3 is 2.04 bits per heavy atom. The Morgan fingerprint density at radius 2 is 1.63 bits per heavy atom. The molecule has 1 amide bonds. The number of hydrogen-bond acceptors (Lipinski definition) is 7. The van der Waals surface area contributed by atoms with Crippen molar-refractivity contribution in [3.8, 4) is 0 Å². The zero-order valence-corrected chi connectivity index (χ0v) is 18.5. The second kappa shape index (κ2) is 11.3. The van der Waals surface area contributed by atoms with E-state index in [1.807, 2.05) is 13.8 Å². The number of nitrogens with zero attached hydrogens (tertiary/aromatic N) is 1. The monoisotopic (exact) mass is 403 g/mol. The topological polar surface area (TPSA) is 90.0 Å². The number of hydrogen-bond donors (Lipinski definition) is 0. The van der Waals surface area contributed by atoms with Gasteiger partial charge in [0.05, 0.1) is 7.11 Å². The van der Waals surface area contributed by atoms with Crippen LogP contribution in [0.15, 0.2) is 0 Å². The van der Waals surface area contributed by atoms with Gasteiger partial charge in [0, 0.05) is 18.6 Å². The molecule has 0 radical (unpaired) electrons. The second-order valence-electron chi connectivity index (χ2n) is 7.92. The molecule has 2 atom stereocenters. The number of thioether (sulfide) groups is 1. The minimum absolute atomic E-state index is 0.0972. The third kappa shape index (κ3) is 10.4. The van der Waals surface area contributed by atoms with Gasteiger partial charge in [-0.1, -0.05) is 32.5 Å². The molecule has 27 heavy (non-hydrogen) atoms. The van der Waals surface area contributed by atoms with Crippen molar-refractivity contribution in [3.63, 3.8) is 0 Å². The first-order valence-corrected chi connectivity index (χ1v) is 10.0. The van der Waals surface area contributed by atoms with Crippen LogP contribution in [0.25, 0.3) is 0 Å². The first-order valence-electron chi connectivity index (χ1n) is 9.02. The third-order valence-corrected chi connectivity index (χ3v) is 4.58. The predicted molar refractivity (Wildman–Crippen MR) is 105 cm³/mol. The van der Waals surface area contributed by atoms with Gasteiger partial charge in [-0.2, -0.15) is 0 Å². The van der Waals surface area contributed by atoms with Crippen LogP contribution >= 0.6 is 11.8 Å². The predicted octanol–water partition coefficient (Wildman–Crippen LogP) is 2.66. The Hall–Kier alpha value is -1.57. The lowest BCUT2D eigenvalue weighted by molar-refractivity contribution is -0.164. The average Bonchev–Trinajstić information content (AvgIpc) is 2.52. The third-order valence-electron chi connectivity index (χ3n) is 3.50. The molecular weight excluding hydrogens is 370 g/mol. The summed E-state index contributed by atoms with van der Waals surface area (Å²) in [6.07, 6.45) is 0.355. The molecule has 0 N–H and O–H groups in total. The molecule has 156 valence electrons. The minimum Gasteiger partial charge on any atom is -0.467 e. The maximum absolute atomic E-state index is 13.0. The smallest absolute Gasteiger partial charge is 0.328 e. The van der Waals surface area contributed by atoms with E-state index < -0.39 is 29.5 Å². The minimum atomic E-state index is -0.889. The van der Waals surface area contributed by atoms with Crippen molar-refractivity contribution >= 4 is 34.7 Å². The summed E-state index contributed by atoms with van der Waals surface area (Å²) in [5.41, 5.74) is -0.708. The zero-order valence-electron chi connectivity index (χ0n) is 17.7. The maximum Gasteiger partial charge on any atom is 0.328 e. The van der Waals surface area contributed by atoms with E-state index in [-0.39, 0.29) is 29.2 Å². The van der Waals surface area contributed by atoms with Crippen molar-refractivity contribution < 1.29 is 28.7 Å². The van der Waals surface area contributed by atoms with Crippen LogP contribution in [-0.4, -0.2) is 58.9 Å². The molecule has 0 bridgehead atoms. The highest BCUT2D eigenvalue weighted by molar-refractivity contribution is 8.13. The Labute approximate surface area is 166 Å². The van der Waals surface area contributed by atoms with Crippen LogP contribution in [0, 0.1) is 11.8 Å². The molecule has 0 fully saturated rings. The fraction of sp³-hybridized carbons (Fsp3) is 0.789. The normalized spacial score (nSPS) is 13.7. The zero-order chi connectivity index (χ0) is 21.4. The highest BCUT2D eigenvalue weighted by Gasteiger charge is 2.35. The van der Waals surface area contributed by atoms with Crippen LogP contribution in [0.4, 0.5) is 0 Å². The Morgan fingerprint density at radius 1 is 1.07 bits per heavy atom. The molecule has 0 aromatic carbocycles. The highest BCUT2D eigenvalue weighted by atomic mass is 32.2. The van der Waals surface area contributed by atoms with Crippen molar-refractivity contribution in [3.05, 3.63) is 0 Å². The van der Waals surface area contributed by atoms with Gasteiger partial charge in [-0.05, 0) is 33.1 Å². The fourth-order valence-corrected chi connectivity index (χ4v) is 3.01. The van der Waals surface area contributed by atoms with Crippen LogP contribution in [0.3, 0.4) is 0 Å². The molecule has 0 aliphatic heterocycles. The number of amides is 1. The summed E-state index contributed by atoms with van der Waals surface area (Å²) >= 11 is 1.04. The van der Waals surface area contributed by atoms with Gasteiger partial charge in [0.25, 0.3) is 0 Å². The van der Waals surface area contributed by atoms with Gasteiger partial charge in [0.15, 0.2) is 5.12 Å². The molecule has 0 aromatic heterocycles. The van der Waals surface area contributed by atoms with E-state index in [9.17, 15) is 19.2 Å². The molecule has 1 unspecified atom stereocenters. The van der Waals surface area contributed by atoms with Gasteiger partial charge in [-0.25, -0.2) is 4.79 Å². The molecule has 7 nitrogen and oxygen atoms in total. The molecule has 0 aliphatic rings. The molecule has 0 spiro atoms. The van der Waals surface area contributed by atoms with E-state index in [0.29, 0.717) is 6.42 Å². The van der Waals surface area contributed by atoms with Crippen molar-refractivity contribution in [1.29, 1.82) is 0 Å². The van der Waals surface area contributed by atoms with Gasteiger partial charge < -0.3 is 14.4 Å². The molecule has 8 heteroatoms. The lowest BCUT2D eigenvalue weighted by Gasteiger charge is -2.33. The number of methoxy groups -OCH3 is 1. The Kier molecular flexibility index (Phi) is 10.7. The Bertz CT molecular complexity index is 541. The van der Waals surface area contributed by atoms with Gasteiger partial charge >= 0.3 is 11.9 Å². The SMILES string of the molecule is COC(=O)[C@H](CC(C)C)N(CC(=O)OC(C)(C)C)C(=O)C(C)CSC(C)=O. The maximum atomic E-state index is 13.0. The molecule has 0 saturated carbocycles. The summed E-state index contributed by atoms with van der Waals surface area (Å²) in [5, 5.41) is -0.0972. The average molecular weight is 404 g/mol. The van der Waals surface area contributed by atoms with E-state index >= 15 is 0 Å². The Balaban J connectivity index is 5.61. The van der Waals surface area contributed by atoms with E-state index in [0.717, 1.165) is 11.8 Å². The lowest BCUT2D eigenvalue weighted by atomic mass is 10.0. The number of esters is 2. The van der Waals surface area contributed by atoms with Gasteiger partial charge in [-0.15, -0.1) is 0 Å². The standard InChI is InChI=1S/C19H33NO6S/c1-12(2)9-15(18(24)25-8)20(10-16(22)26-19(5,6)7)17(23)13(3)11-27-14(4)21/h12-13,15H,9-11H2,1-8H3/t13?,15-/m0/s1. The number of rotatable bonds is 9. The number of ether oxygens (including phenoxy) is 2. The van der Waals surface area contributed by atoms with Crippen molar-refractivity contribution in [2.75, 3.05) is 19.4 Å².